The van der Waals surface area contributed by atoms with Crippen molar-refractivity contribution in [1.29, 1.82) is 0 Å². The summed E-state index contributed by atoms with van der Waals surface area (Å²) in [6.07, 6.45) is 14.6. The van der Waals surface area contributed by atoms with E-state index >= 15 is 0 Å². The van der Waals surface area contributed by atoms with Crippen LogP contribution in [0.1, 0.15) is 51.4 Å². The molecule has 39 heavy (non-hydrogen) atoms. The van der Waals surface area contributed by atoms with E-state index in [2.05, 4.69) is 65.7 Å². The monoisotopic (exact) mass is 519 g/mol. The van der Waals surface area contributed by atoms with Crippen molar-refractivity contribution in [2.75, 3.05) is 23.3 Å². The number of pyridine rings is 2. The topological polar surface area (TPSA) is 103 Å². The van der Waals surface area contributed by atoms with Gasteiger partial charge in [-0.3, -0.25) is 14.9 Å². The summed E-state index contributed by atoms with van der Waals surface area (Å²) in [5.74, 6) is 0.197. The van der Waals surface area contributed by atoms with E-state index in [4.69, 9.17) is 0 Å². The first kappa shape index (κ1) is 23.9. The van der Waals surface area contributed by atoms with Crippen molar-refractivity contribution in [1.82, 2.24) is 25.1 Å². The molecule has 8 heteroatoms. The van der Waals surface area contributed by atoms with Crippen LogP contribution in [0.3, 0.4) is 0 Å². The summed E-state index contributed by atoms with van der Waals surface area (Å²) in [6, 6.07) is 12.8. The SMILES string of the molecule is O=C(Nc1cncc(-c2cnc3[nH]nc(-c4cc5c(N6CCCCC6)cccc5[nH]4)c3c2)c1)C1CCCCC1. The first-order chi connectivity index (χ1) is 19.2. The first-order valence-corrected chi connectivity index (χ1v) is 14.2. The Kier molecular flexibility index (Phi) is 6.23. The van der Waals surface area contributed by atoms with Crippen molar-refractivity contribution in [3.8, 4) is 22.5 Å². The number of aromatic nitrogens is 5. The maximum atomic E-state index is 12.8. The fraction of sp³-hybridized carbons (Fsp3) is 0.355. The van der Waals surface area contributed by atoms with E-state index in [1.807, 2.05) is 18.5 Å². The van der Waals surface area contributed by atoms with Gasteiger partial charge in [0.25, 0.3) is 0 Å². The number of fused-ring (bicyclic) bond motifs is 2. The van der Waals surface area contributed by atoms with Crippen LogP contribution in [0.2, 0.25) is 0 Å². The number of amides is 1. The quantitative estimate of drug-likeness (QED) is 0.240. The molecule has 0 unspecified atom stereocenters. The molecule has 0 bridgehead atoms. The number of hydrogen-bond donors (Lipinski definition) is 3. The largest absolute Gasteiger partial charge is 0.371 e. The van der Waals surface area contributed by atoms with Crippen molar-refractivity contribution < 1.29 is 4.79 Å². The normalized spacial score (nSPS) is 16.7. The number of nitrogens with one attached hydrogen (secondary N) is 3. The number of hydrogen-bond acceptors (Lipinski definition) is 5. The third kappa shape index (κ3) is 4.64. The summed E-state index contributed by atoms with van der Waals surface area (Å²) >= 11 is 0. The summed E-state index contributed by atoms with van der Waals surface area (Å²) in [5, 5.41) is 13.0. The standard InChI is InChI=1S/C31H33N7O/c39-31(20-8-3-1-4-9-20)34-23-14-21(17-32-19-23)22-15-25-29(36-37-30(25)33-18-22)27-16-24-26(35-27)10-7-11-28(24)38-12-5-2-6-13-38/h7,10-11,14-20,35H,1-6,8-9,12-13H2,(H,34,39)(H,33,36,37). The summed E-state index contributed by atoms with van der Waals surface area (Å²) in [7, 11) is 0. The van der Waals surface area contributed by atoms with Gasteiger partial charge in [0.2, 0.25) is 5.91 Å². The van der Waals surface area contributed by atoms with Crippen LogP contribution in [0.4, 0.5) is 11.4 Å². The molecule has 1 amide bonds. The van der Waals surface area contributed by atoms with E-state index in [1.54, 1.807) is 6.20 Å². The Morgan fingerprint density at radius 2 is 1.72 bits per heavy atom. The zero-order valence-electron chi connectivity index (χ0n) is 22.0. The zero-order chi connectivity index (χ0) is 26.2. The van der Waals surface area contributed by atoms with Gasteiger partial charge in [-0.25, -0.2) is 4.98 Å². The second-order valence-electron chi connectivity index (χ2n) is 10.9. The Labute approximate surface area is 227 Å². The number of benzene rings is 1. The van der Waals surface area contributed by atoms with E-state index in [1.165, 1.54) is 36.8 Å². The van der Waals surface area contributed by atoms with Crippen molar-refractivity contribution in [2.45, 2.75) is 51.4 Å². The van der Waals surface area contributed by atoms with E-state index in [9.17, 15) is 4.79 Å². The third-order valence-electron chi connectivity index (χ3n) is 8.32. The van der Waals surface area contributed by atoms with Crippen molar-refractivity contribution in [3.63, 3.8) is 0 Å². The minimum atomic E-state index is 0.0978. The first-order valence-electron chi connectivity index (χ1n) is 14.2. The molecule has 7 rings (SSSR count). The van der Waals surface area contributed by atoms with Gasteiger partial charge in [0, 0.05) is 64.5 Å². The van der Waals surface area contributed by atoms with Crippen LogP contribution >= 0.6 is 0 Å². The molecule has 1 saturated carbocycles. The number of H-pyrrole nitrogens is 2. The fourth-order valence-electron chi connectivity index (χ4n) is 6.22. The van der Waals surface area contributed by atoms with E-state index < -0.39 is 0 Å². The molecule has 0 radical (unpaired) electrons. The number of anilines is 2. The van der Waals surface area contributed by atoms with Crippen LogP contribution in [0.25, 0.3) is 44.5 Å². The van der Waals surface area contributed by atoms with E-state index in [0.717, 1.165) is 83.5 Å². The van der Waals surface area contributed by atoms with Gasteiger partial charge < -0.3 is 15.2 Å². The Bertz CT molecular complexity index is 1640. The minimum absolute atomic E-state index is 0.0978. The lowest BCUT2D eigenvalue weighted by Crippen LogP contribution is -2.29. The molecule has 0 atom stereocenters. The number of rotatable bonds is 5. The van der Waals surface area contributed by atoms with Gasteiger partial charge >= 0.3 is 0 Å². The second-order valence-corrected chi connectivity index (χ2v) is 10.9. The highest BCUT2D eigenvalue weighted by atomic mass is 16.1. The molecule has 5 heterocycles. The molecule has 2 aliphatic rings. The van der Waals surface area contributed by atoms with E-state index in [-0.39, 0.29) is 11.8 Å². The fourth-order valence-corrected chi connectivity index (χ4v) is 6.22. The zero-order valence-corrected chi connectivity index (χ0v) is 22.0. The van der Waals surface area contributed by atoms with Crippen LogP contribution in [0, 0.1) is 5.92 Å². The number of carbonyl (C=O) groups excluding carboxylic acids is 1. The number of carbonyl (C=O) groups is 1. The molecule has 0 spiro atoms. The molecule has 5 aromatic rings. The van der Waals surface area contributed by atoms with Gasteiger partial charge in [-0.1, -0.05) is 25.3 Å². The van der Waals surface area contributed by atoms with Gasteiger partial charge in [-0.05, 0) is 62.4 Å². The predicted octanol–water partition coefficient (Wildman–Crippen LogP) is 6.68. The van der Waals surface area contributed by atoms with Gasteiger partial charge in [-0.15, -0.1) is 0 Å². The smallest absolute Gasteiger partial charge is 0.227 e. The highest BCUT2D eigenvalue weighted by molar-refractivity contribution is 6.00. The molecule has 1 aliphatic heterocycles. The van der Waals surface area contributed by atoms with Crippen LogP contribution < -0.4 is 10.2 Å². The molecule has 1 aromatic carbocycles. The van der Waals surface area contributed by atoms with Gasteiger partial charge in [0.1, 0.15) is 5.69 Å². The minimum Gasteiger partial charge on any atom is -0.371 e. The lowest BCUT2D eigenvalue weighted by Gasteiger charge is -2.29. The highest BCUT2D eigenvalue weighted by Crippen LogP contribution is 2.35. The van der Waals surface area contributed by atoms with Gasteiger partial charge in [0.05, 0.1) is 17.6 Å². The maximum absolute atomic E-state index is 12.8. The number of nitrogens with zero attached hydrogens (tertiary/aromatic N) is 4. The molecular weight excluding hydrogens is 486 g/mol. The Morgan fingerprint density at radius 1 is 0.897 bits per heavy atom. The molecule has 1 saturated heterocycles. The lowest BCUT2D eigenvalue weighted by atomic mass is 9.88. The number of aromatic amines is 2. The Morgan fingerprint density at radius 3 is 2.59 bits per heavy atom. The van der Waals surface area contributed by atoms with Crippen LogP contribution in [-0.4, -0.2) is 44.1 Å². The average Bonchev–Trinajstić information content (AvgIpc) is 3.62. The van der Waals surface area contributed by atoms with E-state index in [0.29, 0.717) is 0 Å². The molecule has 198 valence electrons. The predicted molar refractivity (Wildman–Crippen MR) is 156 cm³/mol. The molecule has 3 N–H and O–H groups in total. The van der Waals surface area contributed by atoms with Crippen LogP contribution in [0.15, 0.2) is 55.0 Å². The second kappa shape index (κ2) is 10.2. The Balaban J connectivity index is 1.20. The van der Waals surface area contributed by atoms with Gasteiger partial charge in [0.15, 0.2) is 5.65 Å². The van der Waals surface area contributed by atoms with Gasteiger partial charge in [-0.2, -0.15) is 5.10 Å². The molecular formula is C31H33N7O. The summed E-state index contributed by atoms with van der Waals surface area (Å²) in [6.45, 7) is 2.21. The number of piperidine rings is 1. The third-order valence-corrected chi connectivity index (χ3v) is 8.32. The molecule has 1 aliphatic carbocycles. The van der Waals surface area contributed by atoms with Crippen LogP contribution in [0.5, 0.6) is 0 Å². The molecule has 4 aromatic heterocycles. The average molecular weight is 520 g/mol. The van der Waals surface area contributed by atoms with Crippen molar-refractivity contribution in [2.24, 2.45) is 5.92 Å². The summed E-state index contributed by atoms with van der Waals surface area (Å²) in [4.78, 5) is 27.9. The maximum Gasteiger partial charge on any atom is 0.227 e. The molecule has 8 nitrogen and oxygen atoms in total. The highest BCUT2D eigenvalue weighted by Gasteiger charge is 2.22. The summed E-state index contributed by atoms with van der Waals surface area (Å²) in [5.41, 5.74) is 7.49. The lowest BCUT2D eigenvalue weighted by molar-refractivity contribution is -0.120. The molecule has 2 fully saturated rings. The van der Waals surface area contributed by atoms with Crippen LogP contribution in [-0.2, 0) is 4.79 Å². The van der Waals surface area contributed by atoms with Crippen molar-refractivity contribution in [3.05, 3.63) is 55.0 Å². The van der Waals surface area contributed by atoms with Crippen molar-refractivity contribution >= 4 is 39.2 Å². The summed E-state index contributed by atoms with van der Waals surface area (Å²) < 4.78 is 0. The Hall–Kier alpha value is -4.20.